The van der Waals surface area contributed by atoms with Crippen molar-refractivity contribution in [2.45, 2.75) is 84.5 Å². The fourth-order valence-electron chi connectivity index (χ4n) is 4.33. The summed E-state index contributed by atoms with van der Waals surface area (Å²) in [6.07, 6.45) is 27.3. The Bertz CT molecular complexity index is 1120. The first-order valence-electron chi connectivity index (χ1n) is 13.5. The molecule has 2 aromatic rings. The number of nitrogens with zero attached hydrogens (tertiary/aromatic N) is 1. The lowest BCUT2D eigenvalue weighted by Gasteiger charge is -2.07. The highest BCUT2D eigenvalue weighted by Gasteiger charge is 2.20. The van der Waals surface area contributed by atoms with Crippen LogP contribution >= 0.6 is 0 Å². The molecule has 0 aliphatic heterocycles. The molecule has 1 N–H and O–H groups in total. The van der Waals surface area contributed by atoms with E-state index in [9.17, 15) is 14.7 Å². The number of fused-ring (bicyclic) bond motifs is 1. The number of hydrogen-bond acceptors (Lipinski definition) is 3. The normalized spacial score (nSPS) is 12.2. The van der Waals surface area contributed by atoms with E-state index in [1.54, 1.807) is 17.7 Å². The van der Waals surface area contributed by atoms with Crippen molar-refractivity contribution in [1.29, 1.82) is 0 Å². The topological polar surface area (TPSA) is 68.5 Å². The third-order valence-electron chi connectivity index (χ3n) is 6.34. The molecule has 2 rings (SSSR count). The zero-order valence-electron chi connectivity index (χ0n) is 22.7. The largest absolute Gasteiger partial charge is 0.497 e. The molecule has 5 nitrogen and oxygen atoms in total. The molecule has 1 aromatic carbocycles. The van der Waals surface area contributed by atoms with Crippen LogP contribution in [-0.4, -0.2) is 28.7 Å². The highest BCUT2D eigenvalue weighted by molar-refractivity contribution is 5.98. The van der Waals surface area contributed by atoms with Gasteiger partial charge in [-0.25, -0.2) is 0 Å². The van der Waals surface area contributed by atoms with Gasteiger partial charge in [-0.05, 0) is 75.6 Å². The molecule has 37 heavy (non-hydrogen) atoms. The van der Waals surface area contributed by atoms with Gasteiger partial charge in [0.1, 0.15) is 5.75 Å². The zero-order chi connectivity index (χ0) is 26.9. The molecule has 0 aliphatic rings. The van der Waals surface area contributed by atoms with Gasteiger partial charge >= 0.3 is 5.97 Å². The van der Waals surface area contributed by atoms with Crippen LogP contribution in [0, 0.1) is 6.92 Å². The number of benzene rings is 1. The molecule has 0 saturated carbocycles. The summed E-state index contributed by atoms with van der Waals surface area (Å²) in [7, 11) is 1.57. The molecular formula is C32H43NO4. The number of unbranched alkanes of at least 4 members (excludes halogenated alkanes) is 4. The summed E-state index contributed by atoms with van der Waals surface area (Å²) in [6, 6.07) is 5.44. The molecule has 0 saturated heterocycles. The van der Waals surface area contributed by atoms with Crippen LogP contribution in [0.15, 0.2) is 66.8 Å². The molecule has 5 heteroatoms. The molecule has 0 fully saturated rings. The second-order valence-electron chi connectivity index (χ2n) is 9.23. The number of rotatable bonds is 17. The maximum atomic E-state index is 13.0. The van der Waals surface area contributed by atoms with Crippen LogP contribution in [0.2, 0.25) is 0 Å². The van der Waals surface area contributed by atoms with Crippen molar-refractivity contribution < 1.29 is 19.4 Å². The fraction of sp³-hybridized carbons (Fsp3) is 0.438. The van der Waals surface area contributed by atoms with E-state index in [4.69, 9.17) is 4.74 Å². The molecule has 0 aliphatic carbocycles. The second-order valence-corrected chi connectivity index (χ2v) is 9.23. The van der Waals surface area contributed by atoms with Gasteiger partial charge in [-0.15, -0.1) is 0 Å². The van der Waals surface area contributed by atoms with Crippen molar-refractivity contribution in [1.82, 2.24) is 4.57 Å². The number of carboxylic acids is 1. The Balaban J connectivity index is 1.75. The molecule has 200 valence electrons. The number of carbonyl (C=O) groups is 2. The maximum absolute atomic E-state index is 13.0. The van der Waals surface area contributed by atoms with Crippen LogP contribution < -0.4 is 4.74 Å². The Hall–Kier alpha value is -3.34. The summed E-state index contributed by atoms with van der Waals surface area (Å²) < 4.78 is 6.96. The van der Waals surface area contributed by atoms with Crippen molar-refractivity contribution in [3.05, 3.63) is 78.1 Å². The number of carbonyl (C=O) groups excluding carboxylic acids is 1. The summed E-state index contributed by atoms with van der Waals surface area (Å²) in [5.74, 6) is -0.289. The SMILES string of the molecule is CCCCCC=CCC=CCC=CCC=CCCCC(=O)n1c(C)c(CC(=O)O)c2cc(OC)ccc21. The van der Waals surface area contributed by atoms with E-state index < -0.39 is 5.97 Å². The molecule has 0 spiro atoms. The van der Waals surface area contributed by atoms with Crippen LogP contribution in [0.1, 0.15) is 87.2 Å². The van der Waals surface area contributed by atoms with Crippen molar-refractivity contribution in [2.24, 2.45) is 0 Å². The fourth-order valence-corrected chi connectivity index (χ4v) is 4.33. The summed E-state index contributed by atoms with van der Waals surface area (Å²) in [5, 5.41) is 10.1. The Kier molecular flexibility index (Phi) is 13.9. The lowest BCUT2D eigenvalue weighted by molar-refractivity contribution is -0.136. The van der Waals surface area contributed by atoms with Gasteiger partial charge in [0.25, 0.3) is 0 Å². The van der Waals surface area contributed by atoms with Crippen LogP contribution in [0.25, 0.3) is 10.9 Å². The number of aromatic nitrogens is 1. The summed E-state index contributed by atoms with van der Waals surface area (Å²) in [6.45, 7) is 4.04. The van der Waals surface area contributed by atoms with Gasteiger partial charge in [-0.2, -0.15) is 0 Å². The standard InChI is InChI=1S/C32H43NO4/c1-4-5-6-7-8-9-10-11-12-13-14-15-16-17-18-19-20-21-31(34)33-26(2)28(25-32(35)36)29-24-27(37-3)22-23-30(29)33/h8-9,11-12,14-15,17-18,22-24H,4-7,10,13,16,19-21,25H2,1-3H3,(H,35,36). The Morgan fingerprint density at radius 2 is 1.49 bits per heavy atom. The average Bonchev–Trinajstić information content (AvgIpc) is 3.15. The Morgan fingerprint density at radius 1 is 0.892 bits per heavy atom. The van der Waals surface area contributed by atoms with E-state index in [0.717, 1.165) is 43.0 Å². The predicted molar refractivity (Wildman–Crippen MR) is 154 cm³/mol. The molecule has 0 bridgehead atoms. The third-order valence-corrected chi connectivity index (χ3v) is 6.34. The molecular weight excluding hydrogens is 462 g/mol. The Morgan fingerprint density at radius 3 is 2.05 bits per heavy atom. The van der Waals surface area contributed by atoms with Crippen LogP contribution in [0.3, 0.4) is 0 Å². The number of aliphatic carboxylic acids is 1. The van der Waals surface area contributed by atoms with Crippen molar-refractivity contribution in [3.8, 4) is 5.75 Å². The van der Waals surface area contributed by atoms with Crippen molar-refractivity contribution >= 4 is 22.8 Å². The van der Waals surface area contributed by atoms with E-state index >= 15 is 0 Å². The van der Waals surface area contributed by atoms with Crippen LogP contribution in [0.5, 0.6) is 5.75 Å². The second kappa shape index (κ2) is 17.2. The van der Waals surface area contributed by atoms with E-state index in [1.807, 2.05) is 19.1 Å². The molecule has 0 unspecified atom stereocenters. The zero-order valence-corrected chi connectivity index (χ0v) is 22.7. The van der Waals surface area contributed by atoms with Crippen molar-refractivity contribution in [3.63, 3.8) is 0 Å². The minimum atomic E-state index is -0.919. The quantitative estimate of drug-likeness (QED) is 0.173. The number of methoxy groups -OCH3 is 1. The van der Waals surface area contributed by atoms with E-state index in [0.29, 0.717) is 23.4 Å². The smallest absolute Gasteiger partial charge is 0.307 e. The summed E-state index contributed by atoms with van der Waals surface area (Å²) in [4.78, 5) is 24.4. The first kappa shape index (κ1) is 29.9. The molecule has 1 heterocycles. The molecule has 1 aromatic heterocycles. The third kappa shape index (κ3) is 10.3. The average molecular weight is 506 g/mol. The van der Waals surface area contributed by atoms with Gasteiger partial charge in [0.05, 0.1) is 19.0 Å². The van der Waals surface area contributed by atoms with E-state index in [2.05, 4.69) is 55.5 Å². The lowest BCUT2D eigenvalue weighted by Crippen LogP contribution is -2.12. The number of ether oxygens (including phenoxy) is 1. The first-order valence-corrected chi connectivity index (χ1v) is 13.5. The Labute approximate surface area is 222 Å². The number of allylic oxidation sites excluding steroid dienone is 8. The molecule has 0 radical (unpaired) electrons. The maximum Gasteiger partial charge on any atom is 0.307 e. The highest BCUT2D eigenvalue weighted by atomic mass is 16.5. The van der Waals surface area contributed by atoms with Gasteiger partial charge < -0.3 is 9.84 Å². The van der Waals surface area contributed by atoms with Crippen LogP contribution in [-0.2, 0) is 11.2 Å². The van der Waals surface area contributed by atoms with Crippen LogP contribution in [0.4, 0.5) is 0 Å². The van der Waals surface area contributed by atoms with Gasteiger partial charge in [0.2, 0.25) is 5.91 Å². The minimum absolute atomic E-state index is 0.0137. The van der Waals surface area contributed by atoms with Crippen molar-refractivity contribution in [2.75, 3.05) is 7.11 Å². The van der Waals surface area contributed by atoms with Gasteiger partial charge in [0.15, 0.2) is 0 Å². The van der Waals surface area contributed by atoms with Gasteiger partial charge in [-0.3, -0.25) is 14.2 Å². The monoisotopic (exact) mass is 505 g/mol. The lowest BCUT2D eigenvalue weighted by atomic mass is 10.1. The van der Waals surface area contributed by atoms with E-state index in [-0.39, 0.29) is 12.3 Å². The highest BCUT2D eigenvalue weighted by Crippen LogP contribution is 2.30. The first-order chi connectivity index (χ1) is 18.0. The summed E-state index contributed by atoms with van der Waals surface area (Å²) >= 11 is 0. The number of carboxylic acid groups (broad SMARTS) is 1. The molecule has 0 atom stereocenters. The van der Waals surface area contributed by atoms with Gasteiger partial charge in [-0.1, -0.05) is 68.4 Å². The summed E-state index contributed by atoms with van der Waals surface area (Å²) in [5.41, 5.74) is 2.08. The van der Waals surface area contributed by atoms with Gasteiger partial charge in [0, 0.05) is 17.5 Å². The predicted octanol–water partition coefficient (Wildman–Crippen LogP) is 8.37. The van der Waals surface area contributed by atoms with E-state index in [1.165, 1.54) is 25.7 Å². The number of hydrogen-bond donors (Lipinski definition) is 1. The minimum Gasteiger partial charge on any atom is -0.497 e. The molecule has 0 amide bonds.